The summed E-state index contributed by atoms with van der Waals surface area (Å²) in [7, 11) is 0. The van der Waals surface area contributed by atoms with Crippen molar-refractivity contribution in [2.45, 2.75) is 70.4 Å². The van der Waals surface area contributed by atoms with Gasteiger partial charge in [-0.15, -0.1) is 0 Å². The van der Waals surface area contributed by atoms with E-state index in [0.717, 1.165) is 48.5 Å². The highest BCUT2D eigenvalue weighted by atomic mass is 16.5. The topological polar surface area (TPSA) is 91.9 Å². The van der Waals surface area contributed by atoms with Gasteiger partial charge in [-0.2, -0.15) is 5.26 Å². The Kier molecular flexibility index (Phi) is 9.71. The highest BCUT2D eigenvalue weighted by Gasteiger charge is 2.29. The van der Waals surface area contributed by atoms with Gasteiger partial charge in [0.25, 0.3) is 0 Å². The average Bonchev–Trinajstić information content (AvgIpc) is 2.86. The lowest BCUT2D eigenvalue weighted by molar-refractivity contribution is -0.113. The molecule has 0 aromatic heterocycles. The normalized spacial score (nSPS) is 23.2. The Morgan fingerprint density at radius 3 is 2.45 bits per heavy atom. The van der Waals surface area contributed by atoms with Gasteiger partial charge in [-0.25, -0.2) is 0 Å². The number of aliphatic hydroxyl groups is 2. The first kappa shape index (κ1) is 25.2. The van der Waals surface area contributed by atoms with Gasteiger partial charge in [0.05, 0.1) is 49.8 Å². The molecule has 2 fully saturated rings. The van der Waals surface area contributed by atoms with Crippen molar-refractivity contribution in [1.82, 2.24) is 0 Å². The van der Waals surface area contributed by atoms with Crippen molar-refractivity contribution in [3.05, 3.63) is 64.7 Å². The van der Waals surface area contributed by atoms with Crippen LogP contribution in [0.1, 0.15) is 67.9 Å². The molecule has 2 aromatic carbocycles. The summed E-state index contributed by atoms with van der Waals surface area (Å²) in [5.41, 5.74) is 3.56. The summed E-state index contributed by atoms with van der Waals surface area (Å²) < 4.78 is 17.4. The van der Waals surface area contributed by atoms with Gasteiger partial charge >= 0.3 is 0 Å². The number of rotatable bonds is 6. The molecule has 2 heterocycles. The SMILES string of the molecule is CC.N#Cc1ccc(C2CC(O)CC(CO)O2)cc1Cc1ccc(OC2CCOCC2)cc1. The molecule has 33 heavy (non-hydrogen) atoms. The first-order valence-corrected chi connectivity index (χ1v) is 11.9. The summed E-state index contributed by atoms with van der Waals surface area (Å²) in [6, 6.07) is 16.0. The monoisotopic (exact) mass is 453 g/mol. The van der Waals surface area contributed by atoms with Gasteiger partial charge in [-0.05, 0) is 41.3 Å². The Balaban J connectivity index is 0.00000149. The third-order valence-corrected chi connectivity index (χ3v) is 5.99. The summed E-state index contributed by atoms with van der Waals surface area (Å²) in [4.78, 5) is 0. The number of aliphatic hydroxyl groups excluding tert-OH is 2. The fourth-order valence-corrected chi connectivity index (χ4v) is 4.28. The average molecular weight is 454 g/mol. The Morgan fingerprint density at radius 1 is 1.06 bits per heavy atom. The van der Waals surface area contributed by atoms with Crippen molar-refractivity contribution < 1.29 is 24.4 Å². The van der Waals surface area contributed by atoms with E-state index in [2.05, 4.69) is 6.07 Å². The van der Waals surface area contributed by atoms with Crippen molar-refractivity contribution in [2.75, 3.05) is 19.8 Å². The Hall–Kier alpha value is -2.43. The van der Waals surface area contributed by atoms with Gasteiger partial charge in [0.15, 0.2) is 0 Å². The number of nitriles is 1. The van der Waals surface area contributed by atoms with Crippen LogP contribution in [0.15, 0.2) is 42.5 Å². The van der Waals surface area contributed by atoms with Crippen LogP contribution in [-0.4, -0.2) is 48.3 Å². The molecule has 0 spiro atoms. The molecule has 6 nitrogen and oxygen atoms in total. The van der Waals surface area contributed by atoms with Gasteiger partial charge in [0, 0.05) is 25.7 Å². The number of ether oxygens (including phenoxy) is 3. The summed E-state index contributed by atoms with van der Waals surface area (Å²) >= 11 is 0. The summed E-state index contributed by atoms with van der Waals surface area (Å²) in [6.07, 6.45) is 2.42. The minimum absolute atomic E-state index is 0.112. The minimum Gasteiger partial charge on any atom is -0.490 e. The third kappa shape index (κ3) is 7.02. The van der Waals surface area contributed by atoms with Gasteiger partial charge in [-0.3, -0.25) is 0 Å². The molecular formula is C27H35NO5. The van der Waals surface area contributed by atoms with E-state index in [1.807, 2.05) is 56.3 Å². The highest BCUT2D eigenvalue weighted by Crippen LogP contribution is 2.33. The lowest BCUT2D eigenvalue weighted by atomic mass is 9.92. The molecule has 0 aliphatic carbocycles. The van der Waals surface area contributed by atoms with Crippen LogP contribution in [0.3, 0.4) is 0 Å². The fourth-order valence-electron chi connectivity index (χ4n) is 4.28. The second-order valence-corrected chi connectivity index (χ2v) is 8.33. The second kappa shape index (κ2) is 12.7. The molecule has 3 atom stereocenters. The largest absolute Gasteiger partial charge is 0.490 e. The molecule has 178 valence electrons. The predicted octanol–water partition coefficient (Wildman–Crippen LogP) is 4.31. The van der Waals surface area contributed by atoms with E-state index in [-0.39, 0.29) is 24.9 Å². The van der Waals surface area contributed by atoms with Crippen LogP contribution in [0.4, 0.5) is 0 Å². The fraction of sp³-hybridized carbons (Fsp3) is 0.519. The smallest absolute Gasteiger partial charge is 0.119 e. The number of benzene rings is 2. The zero-order chi connectivity index (χ0) is 23.6. The maximum Gasteiger partial charge on any atom is 0.119 e. The van der Waals surface area contributed by atoms with E-state index < -0.39 is 6.10 Å². The van der Waals surface area contributed by atoms with Crippen LogP contribution in [0.25, 0.3) is 0 Å². The summed E-state index contributed by atoms with van der Waals surface area (Å²) in [5.74, 6) is 0.851. The van der Waals surface area contributed by atoms with Crippen molar-refractivity contribution in [3.8, 4) is 11.8 Å². The molecular weight excluding hydrogens is 418 g/mol. The molecule has 2 aliphatic heterocycles. The quantitative estimate of drug-likeness (QED) is 0.677. The molecule has 0 bridgehead atoms. The molecule has 0 amide bonds. The number of nitrogens with zero attached hydrogens (tertiary/aromatic N) is 1. The van der Waals surface area contributed by atoms with Crippen LogP contribution < -0.4 is 4.74 Å². The molecule has 2 N–H and O–H groups in total. The molecule has 6 heteroatoms. The lowest BCUT2D eigenvalue weighted by Gasteiger charge is -2.32. The molecule has 0 saturated carbocycles. The first-order valence-electron chi connectivity index (χ1n) is 11.9. The highest BCUT2D eigenvalue weighted by molar-refractivity contribution is 5.44. The zero-order valence-electron chi connectivity index (χ0n) is 19.6. The number of hydrogen-bond acceptors (Lipinski definition) is 6. The van der Waals surface area contributed by atoms with Gasteiger partial charge in [0.2, 0.25) is 0 Å². The van der Waals surface area contributed by atoms with E-state index >= 15 is 0 Å². The molecule has 4 rings (SSSR count). The second-order valence-electron chi connectivity index (χ2n) is 8.33. The Labute approximate surface area is 196 Å². The lowest BCUT2D eigenvalue weighted by Crippen LogP contribution is -2.33. The summed E-state index contributed by atoms with van der Waals surface area (Å²) in [6.45, 7) is 5.38. The molecule has 2 aromatic rings. The van der Waals surface area contributed by atoms with E-state index in [0.29, 0.717) is 24.8 Å². The van der Waals surface area contributed by atoms with Gasteiger partial charge in [-0.1, -0.05) is 38.1 Å². The Bertz CT molecular complexity index is 902. The van der Waals surface area contributed by atoms with E-state index in [4.69, 9.17) is 14.2 Å². The third-order valence-electron chi connectivity index (χ3n) is 5.99. The van der Waals surface area contributed by atoms with Crippen molar-refractivity contribution >= 4 is 0 Å². The summed E-state index contributed by atoms with van der Waals surface area (Å²) in [5, 5.41) is 29.1. The minimum atomic E-state index is -0.502. The molecule has 3 unspecified atom stereocenters. The molecule has 2 aliphatic rings. The van der Waals surface area contributed by atoms with Gasteiger partial charge in [0.1, 0.15) is 11.9 Å². The van der Waals surface area contributed by atoms with E-state index in [9.17, 15) is 15.5 Å². The van der Waals surface area contributed by atoms with Crippen molar-refractivity contribution in [2.24, 2.45) is 0 Å². The van der Waals surface area contributed by atoms with Crippen LogP contribution in [-0.2, 0) is 15.9 Å². The molecule has 0 radical (unpaired) electrons. The maximum absolute atomic E-state index is 10.1. The van der Waals surface area contributed by atoms with Crippen LogP contribution in [0.5, 0.6) is 5.75 Å². The van der Waals surface area contributed by atoms with E-state index in [1.165, 1.54) is 0 Å². The van der Waals surface area contributed by atoms with Crippen LogP contribution in [0, 0.1) is 11.3 Å². The predicted molar refractivity (Wildman–Crippen MR) is 126 cm³/mol. The zero-order valence-corrected chi connectivity index (χ0v) is 19.6. The van der Waals surface area contributed by atoms with E-state index in [1.54, 1.807) is 0 Å². The standard InChI is InChI=1S/C25H29NO5.C2H6/c26-15-19-4-3-18(25-14-21(28)13-24(16-27)31-25)12-20(19)11-17-1-5-22(6-2-17)30-23-7-9-29-10-8-23;1-2/h1-6,12,21,23-25,27-28H,7-11,13-14,16H2;1-2H3. The van der Waals surface area contributed by atoms with Crippen molar-refractivity contribution in [3.63, 3.8) is 0 Å². The van der Waals surface area contributed by atoms with Gasteiger partial charge < -0.3 is 24.4 Å². The van der Waals surface area contributed by atoms with Crippen LogP contribution in [0.2, 0.25) is 0 Å². The maximum atomic E-state index is 10.1. The number of hydrogen-bond donors (Lipinski definition) is 2. The first-order chi connectivity index (χ1) is 16.1. The Morgan fingerprint density at radius 2 is 1.79 bits per heavy atom. The van der Waals surface area contributed by atoms with Crippen molar-refractivity contribution in [1.29, 1.82) is 5.26 Å². The van der Waals surface area contributed by atoms with Crippen LogP contribution >= 0.6 is 0 Å². The molecule has 2 saturated heterocycles.